The highest BCUT2D eigenvalue weighted by atomic mass is 19.4. The van der Waals surface area contributed by atoms with Crippen molar-refractivity contribution in [1.29, 1.82) is 0 Å². The predicted octanol–water partition coefficient (Wildman–Crippen LogP) is 4.19. The molecule has 0 saturated heterocycles. The van der Waals surface area contributed by atoms with E-state index >= 15 is 0 Å². The summed E-state index contributed by atoms with van der Waals surface area (Å²) in [5.41, 5.74) is 0.300. The molecule has 0 atom stereocenters. The SMILES string of the molecule is CCc1cccc(C(=O)C(F)(F)C(F)(F)F)c1CC. The van der Waals surface area contributed by atoms with Crippen molar-refractivity contribution in [3.8, 4) is 0 Å². The molecule has 106 valence electrons. The Bertz CT molecular complexity index is 476. The third-order valence-corrected chi connectivity index (χ3v) is 2.89. The average Bonchev–Trinajstić information content (AvgIpc) is 2.35. The molecule has 1 rings (SSSR count). The maximum absolute atomic E-state index is 13.1. The predicted molar refractivity (Wildman–Crippen MR) is 60.5 cm³/mol. The number of rotatable bonds is 4. The van der Waals surface area contributed by atoms with Gasteiger partial charge in [-0.15, -0.1) is 0 Å². The summed E-state index contributed by atoms with van der Waals surface area (Å²) in [7, 11) is 0. The Morgan fingerprint density at radius 1 is 1.05 bits per heavy atom. The summed E-state index contributed by atoms with van der Waals surface area (Å²) in [6, 6.07) is 3.94. The van der Waals surface area contributed by atoms with Gasteiger partial charge in [-0.25, -0.2) is 0 Å². The largest absolute Gasteiger partial charge is 0.461 e. The highest BCUT2D eigenvalue weighted by Gasteiger charge is 2.63. The van der Waals surface area contributed by atoms with Crippen LogP contribution in [-0.4, -0.2) is 17.9 Å². The van der Waals surface area contributed by atoms with E-state index in [9.17, 15) is 26.7 Å². The van der Waals surface area contributed by atoms with Crippen LogP contribution in [0.25, 0.3) is 0 Å². The molecule has 6 heteroatoms. The van der Waals surface area contributed by atoms with Crippen molar-refractivity contribution in [3.05, 3.63) is 34.9 Å². The van der Waals surface area contributed by atoms with E-state index in [-0.39, 0.29) is 12.0 Å². The lowest BCUT2D eigenvalue weighted by Crippen LogP contribution is -2.44. The zero-order valence-corrected chi connectivity index (χ0v) is 10.4. The van der Waals surface area contributed by atoms with Crippen molar-refractivity contribution >= 4 is 5.78 Å². The summed E-state index contributed by atoms with van der Waals surface area (Å²) in [5, 5.41) is 0. The molecule has 0 radical (unpaired) electrons. The standard InChI is InChI=1S/C13H13F5O/c1-3-8-6-5-7-10(9(8)4-2)11(19)12(14,15)13(16,17)18/h5-7H,3-4H2,1-2H3. The molecule has 19 heavy (non-hydrogen) atoms. The number of hydrogen-bond donors (Lipinski definition) is 0. The van der Waals surface area contributed by atoms with Crippen molar-refractivity contribution in [2.75, 3.05) is 0 Å². The molecule has 0 heterocycles. The molecule has 0 aliphatic heterocycles. The van der Waals surface area contributed by atoms with E-state index in [1.54, 1.807) is 19.9 Å². The second-order valence-electron chi connectivity index (χ2n) is 4.05. The second-order valence-corrected chi connectivity index (χ2v) is 4.05. The third-order valence-electron chi connectivity index (χ3n) is 2.89. The van der Waals surface area contributed by atoms with E-state index in [1.165, 1.54) is 6.07 Å². The van der Waals surface area contributed by atoms with Gasteiger partial charge in [0.05, 0.1) is 0 Å². The Morgan fingerprint density at radius 3 is 2.05 bits per heavy atom. The van der Waals surface area contributed by atoms with Gasteiger partial charge in [-0.05, 0) is 24.0 Å². The lowest BCUT2D eigenvalue weighted by molar-refractivity contribution is -0.255. The molecule has 1 aromatic carbocycles. The maximum Gasteiger partial charge on any atom is 0.461 e. The molecule has 0 aliphatic rings. The average molecular weight is 280 g/mol. The number of carbonyl (C=O) groups is 1. The van der Waals surface area contributed by atoms with Crippen LogP contribution in [0.3, 0.4) is 0 Å². The molecular weight excluding hydrogens is 267 g/mol. The molecule has 0 unspecified atom stereocenters. The molecule has 0 bridgehead atoms. The van der Waals surface area contributed by atoms with E-state index in [0.29, 0.717) is 12.0 Å². The second kappa shape index (κ2) is 5.27. The smallest absolute Gasteiger partial charge is 0.287 e. The highest BCUT2D eigenvalue weighted by Crippen LogP contribution is 2.38. The number of carbonyl (C=O) groups excluding carboxylic acids is 1. The molecule has 0 spiro atoms. The highest BCUT2D eigenvalue weighted by molar-refractivity contribution is 6.03. The van der Waals surface area contributed by atoms with Crippen molar-refractivity contribution in [1.82, 2.24) is 0 Å². The third kappa shape index (κ3) is 2.77. The summed E-state index contributed by atoms with van der Waals surface area (Å²) in [6.07, 6.45) is -5.20. The number of aryl methyl sites for hydroxylation is 1. The number of Topliss-reactive ketones (excluding diaryl/α,β-unsaturated/α-hetero) is 1. The van der Waals surface area contributed by atoms with E-state index in [1.807, 2.05) is 0 Å². The monoisotopic (exact) mass is 280 g/mol. The van der Waals surface area contributed by atoms with Gasteiger partial charge in [0.15, 0.2) is 0 Å². The van der Waals surface area contributed by atoms with Gasteiger partial charge in [0, 0.05) is 5.56 Å². The van der Waals surface area contributed by atoms with Crippen LogP contribution in [0.5, 0.6) is 0 Å². The van der Waals surface area contributed by atoms with Gasteiger partial charge in [0.2, 0.25) is 5.78 Å². The summed E-state index contributed by atoms with van der Waals surface area (Å²) >= 11 is 0. The van der Waals surface area contributed by atoms with Crippen molar-refractivity contribution in [2.24, 2.45) is 0 Å². The minimum Gasteiger partial charge on any atom is -0.287 e. The van der Waals surface area contributed by atoms with Crippen molar-refractivity contribution in [3.63, 3.8) is 0 Å². The minimum absolute atomic E-state index is 0.221. The fourth-order valence-electron chi connectivity index (χ4n) is 1.89. The first kappa shape index (κ1) is 15.6. The van der Waals surface area contributed by atoms with Gasteiger partial charge in [-0.2, -0.15) is 22.0 Å². The number of halogens is 5. The van der Waals surface area contributed by atoms with Gasteiger partial charge in [0.1, 0.15) is 0 Å². The molecule has 1 nitrogen and oxygen atoms in total. The Morgan fingerprint density at radius 2 is 1.63 bits per heavy atom. The Labute approximate surface area is 107 Å². The van der Waals surface area contributed by atoms with Crippen molar-refractivity contribution < 1.29 is 26.7 Å². The lowest BCUT2D eigenvalue weighted by atomic mass is 9.92. The Balaban J connectivity index is 3.35. The topological polar surface area (TPSA) is 17.1 Å². The Kier molecular flexibility index (Phi) is 4.32. The number of benzene rings is 1. The van der Waals surface area contributed by atoms with Crippen LogP contribution in [0.4, 0.5) is 22.0 Å². The fourth-order valence-corrected chi connectivity index (χ4v) is 1.89. The molecule has 1 aromatic rings. The number of hydrogen-bond acceptors (Lipinski definition) is 1. The van der Waals surface area contributed by atoms with Gasteiger partial charge in [0.25, 0.3) is 0 Å². The quantitative estimate of drug-likeness (QED) is 0.597. The summed E-state index contributed by atoms with van der Waals surface area (Å²) in [5.74, 6) is -7.55. The van der Waals surface area contributed by atoms with Gasteiger partial charge >= 0.3 is 12.1 Å². The van der Waals surface area contributed by atoms with Crippen LogP contribution >= 0.6 is 0 Å². The molecule has 0 saturated carbocycles. The number of ketones is 1. The summed E-state index contributed by atoms with van der Waals surface area (Å²) in [4.78, 5) is 11.5. The lowest BCUT2D eigenvalue weighted by Gasteiger charge is -2.20. The van der Waals surface area contributed by atoms with Crippen LogP contribution < -0.4 is 0 Å². The first-order valence-corrected chi connectivity index (χ1v) is 5.76. The fraction of sp³-hybridized carbons (Fsp3) is 0.462. The zero-order chi connectivity index (χ0) is 14.8. The van der Waals surface area contributed by atoms with Gasteiger partial charge < -0.3 is 0 Å². The Hall–Kier alpha value is -1.46. The normalized spacial score (nSPS) is 12.6. The maximum atomic E-state index is 13.1. The van der Waals surface area contributed by atoms with Gasteiger partial charge in [-0.3, -0.25) is 4.79 Å². The molecule has 0 aromatic heterocycles. The molecule has 0 aliphatic carbocycles. The summed E-state index contributed by atoms with van der Waals surface area (Å²) < 4.78 is 62.8. The first-order chi connectivity index (χ1) is 8.66. The first-order valence-electron chi connectivity index (χ1n) is 5.76. The molecule has 0 amide bonds. The van der Waals surface area contributed by atoms with E-state index < -0.39 is 23.4 Å². The van der Waals surface area contributed by atoms with Crippen LogP contribution in [0.1, 0.15) is 35.3 Å². The minimum atomic E-state index is -5.88. The number of alkyl halides is 5. The molecule has 0 fully saturated rings. The van der Waals surface area contributed by atoms with E-state index in [4.69, 9.17) is 0 Å². The van der Waals surface area contributed by atoms with E-state index in [2.05, 4.69) is 0 Å². The van der Waals surface area contributed by atoms with E-state index in [0.717, 1.165) is 6.07 Å². The zero-order valence-electron chi connectivity index (χ0n) is 10.4. The van der Waals surface area contributed by atoms with Crippen LogP contribution in [-0.2, 0) is 12.8 Å². The molecule has 0 N–H and O–H groups in total. The molecular formula is C13H13F5O. The van der Waals surface area contributed by atoms with Crippen molar-refractivity contribution in [2.45, 2.75) is 38.8 Å². The van der Waals surface area contributed by atoms with Crippen LogP contribution in [0, 0.1) is 0 Å². The van der Waals surface area contributed by atoms with Crippen LogP contribution in [0.2, 0.25) is 0 Å². The van der Waals surface area contributed by atoms with Gasteiger partial charge in [-0.1, -0.05) is 32.0 Å². The van der Waals surface area contributed by atoms with Crippen LogP contribution in [0.15, 0.2) is 18.2 Å². The summed E-state index contributed by atoms with van der Waals surface area (Å²) in [6.45, 7) is 3.35.